The van der Waals surface area contributed by atoms with Crippen molar-refractivity contribution in [3.63, 3.8) is 0 Å². The zero-order valence-corrected chi connectivity index (χ0v) is 17.6. The normalized spacial score (nSPS) is 17.7. The molecular weight excluding hydrogens is 376 g/mol. The molecule has 2 atom stereocenters. The van der Waals surface area contributed by atoms with Crippen LogP contribution < -0.4 is 15.5 Å². The van der Waals surface area contributed by atoms with Crippen LogP contribution in [0.1, 0.15) is 51.9 Å². The molecule has 0 aliphatic carbocycles. The highest BCUT2D eigenvalue weighted by atomic mass is 16.5. The van der Waals surface area contributed by atoms with Crippen LogP contribution >= 0.6 is 0 Å². The molecule has 3 heterocycles. The van der Waals surface area contributed by atoms with Gasteiger partial charge in [0.25, 0.3) is 0 Å². The second-order valence-corrected chi connectivity index (χ2v) is 8.08. The molecule has 0 amide bonds. The third kappa shape index (κ3) is 4.90. The summed E-state index contributed by atoms with van der Waals surface area (Å²) >= 11 is 0. The molecule has 2 aromatic heterocycles. The van der Waals surface area contributed by atoms with Gasteiger partial charge < -0.3 is 14.5 Å². The first kappa shape index (κ1) is 20.6. The molecule has 5 heteroatoms. The number of unbranched alkanes of at least 4 members (excludes halogenated alkanes) is 2. The fourth-order valence-corrected chi connectivity index (χ4v) is 4.17. The molecule has 0 radical (unpaired) electrons. The maximum atomic E-state index is 12.8. The molecule has 1 aliphatic rings. The summed E-state index contributed by atoms with van der Waals surface area (Å²) in [4.78, 5) is 16.9. The molecule has 0 saturated carbocycles. The van der Waals surface area contributed by atoms with E-state index in [0.717, 1.165) is 37.1 Å². The fourth-order valence-electron chi connectivity index (χ4n) is 4.17. The van der Waals surface area contributed by atoms with Crippen molar-refractivity contribution in [2.75, 3.05) is 6.54 Å². The van der Waals surface area contributed by atoms with Gasteiger partial charge in [-0.15, -0.1) is 0 Å². The van der Waals surface area contributed by atoms with Crippen LogP contribution in [0.5, 0.6) is 5.75 Å². The quantitative estimate of drug-likeness (QED) is 0.513. The summed E-state index contributed by atoms with van der Waals surface area (Å²) in [6.07, 6.45) is 11.7. The molecule has 2 unspecified atom stereocenters. The van der Waals surface area contributed by atoms with E-state index in [4.69, 9.17) is 9.15 Å². The van der Waals surface area contributed by atoms with E-state index in [0.29, 0.717) is 22.8 Å². The van der Waals surface area contributed by atoms with Crippen molar-refractivity contribution < 1.29 is 9.15 Å². The number of nitrogens with one attached hydrogen (secondary N) is 1. The van der Waals surface area contributed by atoms with Gasteiger partial charge in [0.05, 0.1) is 5.39 Å². The maximum absolute atomic E-state index is 12.8. The number of piperidine rings is 1. The summed E-state index contributed by atoms with van der Waals surface area (Å²) in [5.74, 6) is 1.26. The Morgan fingerprint density at radius 1 is 1.23 bits per heavy atom. The molecule has 3 aromatic rings. The second kappa shape index (κ2) is 9.90. The third-order valence-electron chi connectivity index (χ3n) is 5.82. The summed E-state index contributed by atoms with van der Waals surface area (Å²) in [7, 11) is 0. The van der Waals surface area contributed by atoms with Crippen molar-refractivity contribution in [1.82, 2.24) is 10.3 Å². The lowest BCUT2D eigenvalue weighted by Gasteiger charge is -2.32. The second-order valence-electron chi connectivity index (χ2n) is 8.08. The van der Waals surface area contributed by atoms with E-state index in [1.165, 1.54) is 31.7 Å². The smallest absolute Gasteiger partial charge is 0.193 e. The van der Waals surface area contributed by atoms with Gasteiger partial charge in [0.1, 0.15) is 23.2 Å². The predicted octanol–water partition coefficient (Wildman–Crippen LogP) is 5.32. The van der Waals surface area contributed by atoms with Crippen LogP contribution in [0, 0.1) is 0 Å². The zero-order valence-electron chi connectivity index (χ0n) is 17.6. The topological polar surface area (TPSA) is 64.4 Å². The standard InChI is InChI=1S/C25H30N2O3/c1-2-3-4-10-24(21-9-5-6-14-27-21)29-19-11-12-23-20(15-19)22(28)16-25(30-23)18-8-7-13-26-17-18/h7-8,11-13,15-17,21,24,27H,2-6,9-10,14H2,1H3. The van der Waals surface area contributed by atoms with Crippen LogP contribution in [0.15, 0.2) is 58.0 Å². The maximum Gasteiger partial charge on any atom is 0.193 e. The first-order valence-corrected chi connectivity index (χ1v) is 11.1. The van der Waals surface area contributed by atoms with E-state index >= 15 is 0 Å². The molecule has 30 heavy (non-hydrogen) atoms. The van der Waals surface area contributed by atoms with E-state index in [2.05, 4.69) is 17.2 Å². The monoisotopic (exact) mass is 406 g/mol. The number of benzene rings is 1. The van der Waals surface area contributed by atoms with Gasteiger partial charge in [-0.1, -0.05) is 26.2 Å². The van der Waals surface area contributed by atoms with Crippen molar-refractivity contribution in [3.05, 3.63) is 59.0 Å². The summed E-state index contributed by atoms with van der Waals surface area (Å²) in [6, 6.07) is 11.2. The molecule has 1 aromatic carbocycles. The van der Waals surface area contributed by atoms with Crippen LogP contribution in [-0.2, 0) is 0 Å². The molecule has 0 spiro atoms. The highest BCUT2D eigenvalue weighted by molar-refractivity contribution is 5.80. The number of nitrogens with zero attached hydrogens (tertiary/aromatic N) is 1. The average Bonchev–Trinajstić information content (AvgIpc) is 2.80. The minimum atomic E-state index is -0.0705. The number of pyridine rings is 1. The van der Waals surface area contributed by atoms with Gasteiger partial charge in [-0.05, 0) is 62.6 Å². The molecular formula is C25H30N2O3. The zero-order chi connectivity index (χ0) is 20.8. The van der Waals surface area contributed by atoms with Gasteiger partial charge in [-0.2, -0.15) is 0 Å². The van der Waals surface area contributed by atoms with Crippen LogP contribution in [-0.4, -0.2) is 23.7 Å². The Morgan fingerprint density at radius 2 is 2.17 bits per heavy atom. The van der Waals surface area contributed by atoms with E-state index in [9.17, 15) is 4.79 Å². The first-order chi connectivity index (χ1) is 14.7. The number of ether oxygens (including phenoxy) is 1. The first-order valence-electron chi connectivity index (χ1n) is 11.1. The largest absolute Gasteiger partial charge is 0.489 e. The van der Waals surface area contributed by atoms with Crippen molar-refractivity contribution >= 4 is 11.0 Å². The minimum Gasteiger partial charge on any atom is -0.489 e. The van der Waals surface area contributed by atoms with Gasteiger partial charge in [-0.25, -0.2) is 0 Å². The molecule has 158 valence electrons. The number of rotatable bonds is 8. The van der Waals surface area contributed by atoms with E-state index < -0.39 is 0 Å². The van der Waals surface area contributed by atoms with E-state index in [1.54, 1.807) is 12.4 Å². The third-order valence-corrected chi connectivity index (χ3v) is 5.82. The van der Waals surface area contributed by atoms with Crippen LogP contribution in [0.4, 0.5) is 0 Å². The van der Waals surface area contributed by atoms with Gasteiger partial charge in [-0.3, -0.25) is 9.78 Å². The van der Waals surface area contributed by atoms with E-state index in [-0.39, 0.29) is 11.5 Å². The van der Waals surface area contributed by atoms with Crippen molar-refractivity contribution in [1.29, 1.82) is 0 Å². The molecule has 0 bridgehead atoms. The molecule has 1 aliphatic heterocycles. The molecule has 1 fully saturated rings. The Bertz CT molecular complexity index is 1010. The Balaban J connectivity index is 1.58. The Labute approximate surface area is 177 Å². The predicted molar refractivity (Wildman–Crippen MR) is 120 cm³/mol. The highest BCUT2D eigenvalue weighted by Crippen LogP contribution is 2.26. The molecule has 1 N–H and O–H groups in total. The lowest BCUT2D eigenvalue weighted by Crippen LogP contribution is -2.45. The Morgan fingerprint density at radius 3 is 2.93 bits per heavy atom. The average molecular weight is 407 g/mol. The van der Waals surface area contributed by atoms with Gasteiger partial charge in [0, 0.05) is 30.1 Å². The number of hydrogen-bond acceptors (Lipinski definition) is 5. The highest BCUT2D eigenvalue weighted by Gasteiger charge is 2.25. The van der Waals surface area contributed by atoms with E-state index in [1.807, 2.05) is 30.3 Å². The fraction of sp³-hybridized carbons (Fsp3) is 0.440. The van der Waals surface area contributed by atoms with Crippen LogP contribution in [0.2, 0.25) is 0 Å². The van der Waals surface area contributed by atoms with Gasteiger partial charge in [0.15, 0.2) is 5.43 Å². The lowest BCUT2D eigenvalue weighted by atomic mass is 9.96. The number of aromatic nitrogens is 1. The van der Waals surface area contributed by atoms with Crippen LogP contribution in [0.3, 0.4) is 0 Å². The summed E-state index contributed by atoms with van der Waals surface area (Å²) in [5.41, 5.74) is 1.28. The number of hydrogen-bond donors (Lipinski definition) is 1. The Hall–Kier alpha value is -2.66. The Kier molecular flexibility index (Phi) is 6.80. The molecule has 1 saturated heterocycles. The van der Waals surface area contributed by atoms with Gasteiger partial charge in [0.2, 0.25) is 0 Å². The molecule has 5 nitrogen and oxygen atoms in total. The van der Waals surface area contributed by atoms with Crippen molar-refractivity contribution in [2.24, 2.45) is 0 Å². The minimum absolute atomic E-state index is 0.0705. The van der Waals surface area contributed by atoms with Gasteiger partial charge >= 0.3 is 0 Å². The summed E-state index contributed by atoms with van der Waals surface area (Å²) in [6.45, 7) is 3.27. The van der Waals surface area contributed by atoms with Crippen molar-refractivity contribution in [3.8, 4) is 17.1 Å². The SMILES string of the molecule is CCCCCC(Oc1ccc2oc(-c3cccnc3)cc(=O)c2c1)C1CCCCN1. The van der Waals surface area contributed by atoms with Crippen molar-refractivity contribution in [2.45, 2.75) is 64.0 Å². The van der Waals surface area contributed by atoms with Crippen LogP contribution in [0.25, 0.3) is 22.3 Å². The lowest BCUT2D eigenvalue weighted by molar-refractivity contribution is 0.125. The molecule has 4 rings (SSSR count). The summed E-state index contributed by atoms with van der Waals surface area (Å²) < 4.78 is 12.4. The number of fused-ring (bicyclic) bond motifs is 1. The summed E-state index contributed by atoms with van der Waals surface area (Å²) in [5, 5.41) is 4.17.